The van der Waals surface area contributed by atoms with Crippen LogP contribution in [0.25, 0.3) is 0 Å². The van der Waals surface area contributed by atoms with E-state index in [0.29, 0.717) is 18.5 Å². The lowest BCUT2D eigenvalue weighted by Gasteiger charge is -2.53. The van der Waals surface area contributed by atoms with Crippen molar-refractivity contribution >= 4 is 0 Å². The van der Waals surface area contributed by atoms with Crippen LogP contribution in [0.3, 0.4) is 0 Å². The third-order valence-corrected chi connectivity index (χ3v) is 4.13. The number of aliphatic hydroxyl groups excluding tert-OH is 1. The SMILES string of the molecule is C[C@H](O)CNC1CC(c2ccccc2)C1(C)C. The molecule has 0 aliphatic heterocycles. The molecule has 1 aliphatic carbocycles. The third kappa shape index (κ3) is 2.53. The maximum atomic E-state index is 9.31. The fourth-order valence-corrected chi connectivity index (χ4v) is 2.84. The summed E-state index contributed by atoms with van der Waals surface area (Å²) in [5.74, 6) is 0.634. The summed E-state index contributed by atoms with van der Waals surface area (Å²) in [7, 11) is 0. The molecule has 2 N–H and O–H groups in total. The van der Waals surface area contributed by atoms with Gasteiger partial charge < -0.3 is 10.4 Å². The molecule has 2 unspecified atom stereocenters. The van der Waals surface area contributed by atoms with E-state index < -0.39 is 0 Å². The minimum atomic E-state index is -0.262. The summed E-state index contributed by atoms with van der Waals surface area (Å²) in [4.78, 5) is 0. The molecule has 1 aromatic rings. The summed E-state index contributed by atoms with van der Waals surface area (Å²) in [6.45, 7) is 7.14. The van der Waals surface area contributed by atoms with Crippen LogP contribution in [0.5, 0.6) is 0 Å². The molecule has 0 bridgehead atoms. The lowest BCUT2D eigenvalue weighted by Crippen LogP contribution is -2.56. The van der Waals surface area contributed by atoms with E-state index in [4.69, 9.17) is 0 Å². The van der Waals surface area contributed by atoms with E-state index in [1.807, 2.05) is 6.92 Å². The van der Waals surface area contributed by atoms with Crippen molar-refractivity contribution in [2.45, 2.75) is 45.3 Å². The largest absolute Gasteiger partial charge is 0.392 e. The van der Waals surface area contributed by atoms with Gasteiger partial charge in [0.05, 0.1) is 6.10 Å². The lowest BCUT2D eigenvalue weighted by molar-refractivity contribution is 0.0579. The fraction of sp³-hybridized carbons (Fsp3) is 0.600. The molecular weight excluding hydrogens is 210 g/mol. The molecule has 17 heavy (non-hydrogen) atoms. The average molecular weight is 233 g/mol. The molecule has 2 rings (SSSR count). The van der Waals surface area contributed by atoms with Gasteiger partial charge in [-0.25, -0.2) is 0 Å². The van der Waals surface area contributed by atoms with Gasteiger partial charge in [0.2, 0.25) is 0 Å². The van der Waals surface area contributed by atoms with Gasteiger partial charge in [0.15, 0.2) is 0 Å². The number of rotatable bonds is 4. The predicted molar refractivity (Wildman–Crippen MR) is 71.1 cm³/mol. The molecule has 1 saturated carbocycles. The Kier molecular flexibility index (Phi) is 3.55. The van der Waals surface area contributed by atoms with Gasteiger partial charge in [0.25, 0.3) is 0 Å². The zero-order chi connectivity index (χ0) is 12.5. The molecule has 0 saturated heterocycles. The molecule has 2 nitrogen and oxygen atoms in total. The van der Waals surface area contributed by atoms with Crippen LogP contribution in [0.2, 0.25) is 0 Å². The third-order valence-electron chi connectivity index (χ3n) is 4.13. The van der Waals surface area contributed by atoms with Crippen LogP contribution in [0, 0.1) is 5.41 Å². The zero-order valence-corrected chi connectivity index (χ0v) is 11.0. The minimum Gasteiger partial charge on any atom is -0.392 e. The Balaban J connectivity index is 1.98. The van der Waals surface area contributed by atoms with Crippen LogP contribution in [0.1, 0.15) is 38.7 Å². The maximum absolute atomic E-state index is 9.31. The highest BCUT2D eigenvalue weighted by atomic mass is 16.3. The first-order valence-electron chi connectivity index (χ1n) is 6.48. The Labute approximate surface area is 104 Å². The first-order valence-corrected chi connectivity index (χ1v) is 6.48. The molecule has 2 heteroatoms. The van der Waals surface area contributed by atoms with Crippen LogP contribution in [-0.2, 0) is 0 Å². The zero-order valence-electron chi connectivity index (χ0n) is 11.0. The van der Waals surface area contributed by atoms with Gasteiger partial charge in [0, 0.05) is 12.6 Å². The molecule has 1 aliphatic rings. The Morgan fingerprint density at radius 2 is 2.00 bits per heavy atom. The predicted octanol–water partition coefficient (Wildman–Crippen LogP) is 2.54. The second-order valence-corrected chi connectivity index (χ2v) is 5.83. The first-order chi connectivity index (χ1) is 8.01. The number of nitrogens with one attached hydrogen (secondary N) is 1. The van der Waals surface area contributed by atoms with E-state index in [-0.39, 0.29) is 11.5 Å². The van der Waals surface area contributed by atoms with Gasteiger partial charge in [0.1, 0.15) is 0 Å². The topological polar surface area (TPSA) is 32.3 Å². The highest BCUT2D eigenvalue weighted by Crippen LogP contribution is 2.52. The number of hydrogen-bond acceptors (Lipinski definition) is 2. The highest BCUT2D eigenvalue weighted by Gasteiger charge is 2.48. The van der Waals surface area contributed by atoms with E-state index in [2.05, 4.69) is 49.5 Å². The molecule has 94 valence electrons. The molecule has 0 spiro atoms. The smallest absolute Gasteiger partial charge is 0.0636 e. The average Bonchev–Trinajstić information content (AvgIpc) is 2.28. The van der Waals surface area contributed by atoms with Crippen molar-refractivity contribution in [2.24, 2.45) is 5.41 Å². The Hall–Kier alpha value is -0.860. The van der Waals surface area contributed by atoms with Crippen LogP contribution in [-0.4, -0.2) is 23.8 Å². The van der Waals surface area contributed by atoms with Crippen molar-refractivity contribution in [1.82, 2.24) is 5.32 Å². The van der Waals surface area contributed by atoms with E-state index in [9.17, 15) is 5.11 Å². The van der Waals surface area contributed by atoms with Crippen molar-refractivity contribution in [3.05, 3.63) is 35.9 Å². The Morgan fingerprint density at radius 3 is 2.53 bits per heavy atom. The standard InChI is InChI=1S/C15H23NO/c1-11(17)10-16-14-9-13(15(14,2)3)12-7-5-4-6-8-12/h4-8,11,13-14,16-17H,9-10H2,1-3H3/t11-,13?,14?/m0/s1. The minimum absolute atomic E-state index is 0.262. The number of hydrogen-bond donors (Lipinski definition) is 2. The highest BCUT2D eigenvalue weighted by molar-refractivity contribution is 5.27. The van der Waals surface area contributed by atoms with Gasteiger partial charge in [-0.2, -0.15) is 0 Å². The van der Waals surface area contributed by atoms with Gasteiger partial charge in [-0.1, -0.05) is 44.2 Å². The van der Waals surface area contributed by atoms with Gasteiger partial charge in [-0.15, -0.1) is 0 Å². The quantitative estimate of drug-likeness (QED) is 0.837. The van der Waals surface area contributed by atoms with Crippen LogP contribution in [0.4, 0.5) is 0 Å². The van der Waals surface area contributed by atoms with E-state index in [1.54, 1.807) is 0 Å². The molecule has 1 fully saturated rings. The summed E-state index contributed by atoms with van der Waals surface area (Å²) >= 11 is 0. The molecule has 0 radical (unpaired) electrons. The second-order valence-electron chi connectivity index (χ2n) is 5.83. The maximum Gasteiger partial charge on any atom is 0.0636 e. The van der Waals surface area contributed by atoms with Gasteiger partial charge in [-0.05, 0) is 30.2 Å². The van der Waals surface area contributed by atoms with Crippen LogP contribution >= 0.6 is 0 Å². The second kappa shape index (κ2) is 4.79. The summed E-state index contributed by atoms with van der Waals surface area (Å²) < 4.78 is 0. The van der Waals surface area contributed by atoms with Gasteiger partial charge >= 0.3 is 0 Å². The lowest BCUT2D eigenvalue weighted by atomic mass is 9.56. The summed E-state index contributed by atoms with van der Waals surface area (Å²) in [5.41, 5.74) is 1.71. The Bertz CT molecular complexity index is 358. The van der Waals surface area contributed by atoms with Gasteiger partial charge in [-0.3, -0.25) is 0 Å². The molecular formula is C15H23NO. The normalized spacial score (nSPS) is 28.5. The van der Waals surface area contributed by atoms with Crippen molar-refractivity contribution in [2.75, 3.05) is 6.54 Å². The van der Waals surface area contributed by atoms with E-state index in [1.165, 1.54) is 12.0 Å². The fourth-order valence-electron chi connectivity index (χ4n) is 2.84. The summed E-state index contributed by atoms with van der Waals surface area (Å²) in [5, 5.41) is 12.8. The van der Waals surface area contributed by atoms with Crippen molar-refractivity contribution in [1.29, 1.82) is 0 Å². The van der Waals surface area contributed by atoms with Crippen LogP contribution < -0.4 is 5.32 Å². The first kappa shape index (κ1) is 12.6. The molecule has 1 aromatic carbocycles. The summed E-state index contributed by atoms with van der Waals surface area (Å²) in [6.07, 6.45) is 0.908. The molecule has 3 atom stereocenters. The van der Waals surface area contributed by atoms with Crippen molar-refractivity contribution < 1.29 is 5.11 Å². The summed E-state index contributed by atoms with van der Waals surface area (Å²) in [6, 6.07) is 11.2. The van der Waals surface area contributed by atoms with E-state index >= 15 is 0 Å². The van der Waals surface area contributed by atoms with Crippen molar-refractivity contribution in [3.63, 3.8) is 0 Å². The Morgan fingerprint density at radius 1 is 1.35 bits per heavy atom. The van der Waals surface area contributed by atoms with Crippen molar-refractivity contribution in [3.8, 4) is 0 Å². The number of benzene rings is 1. The van der Waals surface area contributed by atoms with Crippen LogP contribution in [0.15, 0.2) is 30.3 Å². The molecule has 0 aromatic heterocycles. The molecule has 0 heterocycles. The van der Waals surface area contributed by atoms with E-state index in [0.717, 1.165) is 0 Å². The molecule has 0 amide bonds. The number of aliphatic hydroxyl groups is 1. The monoisotopic (exact) mass is 233 g/mol.